The van der Waals surface area contributed by atoms with Crippen molar-refractivity contribution in [3.8, 4) is 0 Å². The molecule has 0 fully saturated rings. The van der Waals surface area contributed by atoms with Crippen molar-refractivity contribution in [1.29, 1.82) is 0 Å². The number of aromatic nitrogens is 2. The lowest BCUT2D eigenvalue weighted by atomic mass is 10.0. The monoisotopic (exact) mass is 295 g/mol. The van der Waals surface area contributed by atoms with Crippen LogP contribution in [0.4, 0.5) is 0 Å². The van der Waals surface area contributed by atoms with Crippen molar-refractivity contribution in [2.24, 2.45) is 0 Å². The quantitative estimate of drug-likeness (QED) is 0.871. The summed E-state index contributed by atoms with van der Waals surface area (Å²) in [4.78, 5) is 2.66. The molecule has 0 saturated carbocycles. The predicted octanol–water partition coefficient (Wildman–Crippen LogP) is 4.12. The second-order valence-corrected chi connectivity index (χ2v) is 6.77. The molecular weight excluding hydrogens is 274 g/mol. The molecule has 104 valence electrons. The Bertz CT molecular complexity index is 516. The van der Waals surface area contributed by atoms with Gasteiger partial charge in [-0.1, -0.05) is 25.3 Å². The molecule has 0 aliphatic rings. The van der Waals surface area contributed by atoms with E-state index in [1.165, 1.54) is 26.9 Å². The summed E-state index contributed by atoms with van der Waals surface area (Å²) >= 11 is 3.34. The topological polar surface area (TPSA) is 37.8 Å². The Labute approximate surface area is 123 Å². The van der Waals surface area contributed by atoms with Gasteiger partial charge in [-0.25, -0.2) is 0 Å². The first-order chi connectivity index (χ1) is 9.15. The largest absolute Gasteiger partial charge is 0.305 e. The van der Waals surface area contributed by atoms with Crippen LogP contribution in [0, 0.1) is 6.92 Å². The lowest BCUT2D eigenvalue weighted by Crippen LogP contribution is -2.23. The molecule has 2 aromatic heterocycles. The Kier molecular flexibility index (Phi) is 5.07. The van der Waals surface area contributed by atoms with Crippen molar-refractivity contribution in [2.45, 2.75) is 46.1 Å². The second-order valence-electron chi connectivity index (χ2n) is 5.03. The highest BCUT2D eigenvalue weighted by atomic mass is 32.1. The summed E-state index contributed by atoms with van der Waals surface area (Å²) in [6, 6.07) is 2.43. The molecule has 0 spiro atoms. The van der Waals surface area contributed by atoms with E-state index in [9.17, 15) is 0 Å². The summed E-state index contributed by atoms with van der Waals surface area (Å²) in [6.07, 6.45) is 1.13. The van der Waals surface area contributed by atoms with Crippen LogP contribution in [0.25, 0.3) is 0 Å². The van der Waals surface area contributed by atoms with Gasteiger partial charge in [-0.2, -0.15) is 0 Å². The van der Waals surface area contributed by atoms with E-state index in [-0.39, 0.29) is 6.04 Å². The third-order valence-electron chi connectivity index (χ3n) is 3.11. The molecule has 0 saturated heterocycles. The SMILES string of the molecule is CCCNC(c1sccc1C)c1snnc1C(C)C. The molecule has 0 radical (unpaired) electrons. The van der Waals surface area contributed by atoms with Gasteiger partial charge in [0.05, 0.1) is 16.6 Å². The van der Waals surface area contributed by atoms with Gasteiger partial charge in [0.25, 0.3) is 0 Å². The molecule has 0 aliphatic heterocycles. The van der Waals surface area contributed by atoms with E-state index in [4.69, 9.17) is 0 Å². The zero-order chi connectivity index (χ0) is 13.8. The summed E-state index contributed by atoms with van der Waals surface area (Å²) in [7, 11) is 0. The summed E-state index contributed by atoms with van der Waals surface area (Å²) in [6.45, 7) is 9.74. The average Bonchev–Trinajstić information content (AvgIpc) is 3.00. The highest BCUT2D eigenvalue weighted by Crippen LogP contribution is 2.34. The molecule has 2 rings (SSSR count). The van der Waals surface area contributed by atoms with E-state index in [0.29, 0.717) is 5.92 Å². The minimum Gasteiger partial charge on any atom is -0.305 e. The van der Waals surface area contributed by atoms with Gasteiger partial charge in [-0.15, -0.1) is 16.4 Å². The Balaban J connectivity index is 2.37. The van der Waals surface area contributed by atoms with Crippen LogP contribution in [0.15, 0.2) is 11.4 Å². The van der Waals surface area contributed by atoms with Crippen molar-refractivity contribution in [3.63, 3.8) is 0 Å². The molecular formula is C14H21N3S2. The second kappa shape index (κ2) is 6.59. The van der Waals surface area contributed by atoms with Crippen molar-refractivity contribution in [3.05, 3.63) is 32.5 Å². The van der Waals surface area contributed by atoms with Crippen LogP contribution < -0.4 is 5.32 Å². The van der Waals surface area contributed by atoms with Gasteiger partial charge in [-0.3, -0.25) is 0 Å². The van der Waals surface area contributed by atoms with Crippen LogP contribution in [0.3, 0.4) is 0 Å². The van der Waals surface area contributed by atoms with Crippen molar-refractivity contribution in [2.75, 3.05) is 6.54 Å². The van der Waals surface area contributed by atoms with Gasteiger partial charge < -0.3 is 5.32 Å². The number of hydrogen-bond acceptors (Lipinski definition) is 5. The van der Waals surface area contributed by atoms with Gasteiger partial charge >= 0.3 is 0 Å². The van der Waals surface area contributed by atoms with Gasteiger partial charge in [0.15, 0.2) is 0 Å². The lowest BCUT2D eigenvalue weighted by Gasteiger charge is -2.18. The molecule has 5 heteroatoms. The summed E-state index contributed by atoms with van der Waals surface area (Å²) in [5.41, 5.74) is 2.48. The number of aryl methyl sites for hydroxylation is 1. The highest BCUT2D eigenvalue weighted by molar-refractivity contribution is 7.10. The van der Waals surface area contributed by atoms with Gasteiger partial charge in [0.1, 0.15) is 0 Å². The van der Waals surface area contributed by atoms with Crippen LogP contribution in [-0.4, -0.2) is 16.1 Å². The Morgan fingerprint density at radius 1 is 1.32 bits per heavy atom. The Morgan fingerprint density at radius 3 is 2.68 bits per heavy atom. The van der Waals surface area contributed by atoms with E-state index < -0.39 is 0 Å². The first-order valence-electron chi connectivity index (χ1n) is 6.74. The van der Waals surface area contributed by atoms with E-state index >= 15 is 0 Å². The van der Waals surface area contributed by atoms with E-state index in [2.05, 4.69) is 54.0 Å². The molecule has 1 unspecified atom stereocenters. The molecule has 0 aromatic carbocycles. The Hall–Kier alpha value is -0.780. The number of nitrogens with one attached hydrogen (secondary N) is 1. The minimum absolute atomic E-state index is 0.248. The number of thiophene rings is 1. The lowest BCUT2D eigenvalue weighted by molar-refractivity contribution is 0.601. The maximum atomic E-state index is 4.32. The van der Waals surface area contributed by atoms with Crippen molar-refractivity contribution in [1.82, 2.24) is 14.9 Å². The summed E-state index contributed by atoms with van der Waals surface area (Å²) in [5, 5.41) is 10.1. The van der Waals surface area contributed by atoms with Crippen molar-refractivity contribution >= 4 is 22.9 Å². The maximum absolute atomic E-state index is 4.32. The molecule has 19 heavy (non-hydrogen) atoms. The number of nitrogens with zero attached hydrogens (tertiary/aromatic N) is 2. The van der Waals surface area contributed by atoms with E-state index in [1.54, 1.807) is 0 Å². The van der Waals surface area contributed by atoms with Gasteiger partial charge in [0.2, 0.25) is 0 Å². The normalized spacial score (nSPS) is 13.1. The predicted molar refractivity (Wildman–Crippen MR) is 83.2 cm³/mol. The molecule has 0 bridgehead atoms. The third-order valence-corrected chi connectivity index (χ3v) is 5.00. The standard InChI is InChI=1S/C14H21N3S2/c1-5-7-15-12(13-10(4)6-8-18-13)14-11(9(2)3)16-17-19-14/h6,8-9,12,15H,5,7H2,1-4H3. The maximum Gasteiger partial charge on any atom is 0.0832 e. The number of hydrogen-bond donors (Lipinski definition) is 1. The van der Waals surface area contributed by atoms with Crippen LogP contribution in [0.1, 0.15) is 60.2 Å². The summed E-state index contributed by atoms with van der Waals surface area (Å²) in [5.74, 6) is 0.417. The van der Waals surface area contributed by atoms with Crippen molar-refractivity contribution < 1.29 is 0 Å². The van der Waals surface area contributed by atoms with E-state index in [1.807, 2.05) is 11.3 Å². The van der Waals surface area contributed by atoms with Crippen LogP contribution in [-0.2, 0) is 0 Å². The molecule has 1 N–H and O–H groups in total. The fourth-order valence-corrected chi connectivity index (χ4v) is 4.06. The molecule has 2 aromatic rings. The first-order valence-corrected chi connectivity index (χ1v) is 8.40. The molecule has 2 heterocycles. The highest BCUT2D eigenvalue weighted by Gasteiger charge is 2.24. The fourth-order valence-electron chi connectivity index (χ4n) is 2.08. The number of rotatable bonds is 6. The van der Waals surface area contributed by atoms with Crippen LogP contribution >= 0.6 is 22.9 Å². The average molecular weight is 295 g/mol. The molecule has 0 aliphatic carbocycles. The third kappa shape index (κ3) is 3.22. The molecule has 0 amide bonds. The molecule has 1 atom stereocenters. The van der Waals surface area contributed by atoms with Gasteiger partial charge in [-0.05, 0) is 54.3 Å². The molecule has 3 nitrogen and oxygen atoms in total. The van der Waals surface area contributed by atoms with E-state index in [0.717, 1.165) is 18.7 Å². The summed E-state index contributed by atoms with van der Waals surface area (Å²) < 4.78 is 4.17. The smallest absolute Gasteiger partial charge is 0.0832 e. The first kappa shape index (κ1) is 14.6. The minimum atomic E-state index is 0.248. The Morgan fingerprint density at radius 2 is 2.11 bits per heavy atom. The van der Waals surface area contributed by atoms with Crippen LogP contribution in [0.2, 0.25) is 0 Å². The van der Waals surface area contributed by atoms with Gasteiger partial charge in [0, 0.05) is 4.88 Å². The fraction of sp³-hybridized carbons (Fsp3) is 0.571. The van der Waals surface area contributed by atoms with Crippen LogP contribution in [0.5, 0.6) is 0 Å². The zero-order valence-electron chi connectivity index (χ0n) is 11.9. The zero-order valence-corrected chi connectivity index (χ0v) is 13.6.